The molecular formula is C15H21F2NO2. The maximum Gasteiger partial charge on any atom is 0.126 e. The molecule has 0 aliphatic carbocycles. The minimum absolute atomic E-state index is 0.0773. The molecule has 2 unspecified atom stereocenters. The van der Waals surface area contributed by atoms with Gasteiger partial charge >= 0.3 is 0 Å². The number of rotatable bonds is 6. The summed E-state index contributed by atoms with van der Waals surface area (Å²) < 4.78 is 38.1. The van der Waals surface area contributed by atoms with Gasteiger partial charge in [-0.25, -0.2) is 8.78 Å². The van der Waals surface area contributed by atoms with Crippen molar-refractivity contribution in [2.24, 2.45) is 0 Å². The first kappa shape index (κ1) is 15.4. The van der Waals surface area contributed by atoms with Gasteiger partial charge in [-0.1, -0.05) is 6.92 Å². The van der Waals surface area contributed by atoms with E-state index in [1.165, 1.54) is 12.1 Å². The van der Waals surface area contributed by atoms with Crippen molar-refractivity contribution in [3.8, 4) is 0 Å². The van der Waals surface area contributed by atoms with Gasteiger partial charge < -0.3 is 14.8 Å². The Morgan fingerprint density at radius 2 is 2.20 bits per heavy atom. The van der Waals surface area contributed by atoms with Crippen LogP contribution < -0.4 is 5.32 Å². The number of nitrogens with one attached hydrogen (secondary N) is 1. The van der Waals surface area contributed by atoms with E-state index >= 15 is 0 Å². The Bertz CT molecular complexity index is 422. The molecule has 0 amide bonds. The van der Waals surface area contributed by atoms with Gasteiger partial charge in [-0.05, 0) is 43.1 Å². The summed E-state index contributed by atoms with van der Waals surface area (Å²) in [5.41, 5.74) is 0.368. The molecule has 0 radical (unpaired) electrons. The second-order valence-electron chi connectivity index (χ2n) is 4.98. The minimum Gasteiger partial charge on any atom is -0.376 e. The Kier molecular flexibility index (Phi) is 5.88. The summed E-state index contributed by atoms with van der Waals surface area (Å²) in [4.78, 5) is 0. The summed E-state index contributed by atoms with van der Waals surface area (Å²) in [6, 6.07) is 3.47. The molecule has 1 aliphatic heterocycles. The summed E-state index contributed by atoms with van der Waals surface area (Å²) in [6.07, 6.45) is 1.23. The molecule has 5 heteroatoms. The van der Waals surface area contributed by atoms with E-state index in [9.17, 15) is 8.78 Å². The third-order valence-corrected chi connectivity index (χ3v) is 3.39. The lowest BCUT2D eigenvalue weighted by molar-refractivity contribution is -0.101. The molecule has 1 aromatic carbocycles. The van der Waals surface area contributed by atoms with Crippen LogP contribution in [0.2, 0.25) is 0 Å². The Labute approximate surface area is 118 Å². The molecule has 1 fully saturated rings. The summed E-state index contributed by atoms with van der Waals surface area (Å²) in [5.74, 6) is -0.803. The monoisotopic (exact) mass is 285 g/mol. The van der Waals surface area contributed by atoms with Crippen molar-refractivity contribution in [1.82, 2.24) is 5.32 Å². The van der Waals surface area contributed by atoms with E-state index in [0.717, 1.165) is 19.0 Å². The molecule has 20 heavy (non-hydrogen) atoms. The number of benzene rings is 1. The Morgan fingerprint density at radius 1 is 1.35 bits per heavy atom. The fourth-order valence-corrected chi connectivity index (χ4v) is 2.34. The maximum atomic E-state index is 13.8. The van der Waals surface area contributed by atoms with Crippen molar-refractivity contribution in [1.29, 1.82) is 0 Å². The Balaban J connectivity index is 2.07. The molecule has 0 saturated carbocycles. The van der Waals surface area contributed by atoms with Crippen molar-refractivity contribution in [2.45, 2.75) is 31.9 Å². The van der Waals surface area contributed by atoms with Crippen LogP contribution in [-0.2, 0) is 15.9 Å². The van der Waals surface area contributed by atoms with Crippen LogP contribution in [0.25, 0.3) is 0 Å². The number of ether oxygens (including phenoxy) is 2. The highest BCUT2D eigenvalue weighted by atomic mass is 19.1. The van der Waals surface area contributed by atoms with Gasteiger partial charge in [0.05, 0.1) is 25.9 Å². The highest BCUT2D eigenvalue weighted by Crippen LogP contribution is 2.16. The quantitative estimate of drug-likeness (QED) is 0.870. The smallest absolute Gasteiger partial charge is 0.126 e. The van der Waals surface area contributed by atoms with Gasteiger partial charge in [0.1, 0.15) is 11.6 Å². The van der Waals surface area contributed by atoms with E-state index in [0.29, 0.717) is 31.8 Å². The third kappa shape index (κ3) is 4.23. The minimum atomic E-state index is -0.420. The van der Waals surface area contributed by atoms with Crippen LogP contribution in [0.3, 0.4) is 0 Å². The number of hydrogen-bond donors (Lipinski definition) is 1. The van der Waals surface area contributed by atoms with Gasteiger partial charge in [-0.15, -0.1) is 0 Å². The van der Waals surface area contributed by atoms with Crippen molar-refractivity contribution >= 4 is 0 Å². The summed E-state index contributed by atoms with van der Waals surface area (Å²) in [7, 11) is 0. The molecule has 3 nitrogen and oxygen atoms in total. The molecule has 1 heterocycles. The van der Waals surface area contributed by atoms with E-state index in [2.05, 4.69) is 12.2 Å². The van der Waals surface area contributed by atoms with Crippen molar-refractivity contribution in [3.05, 3.63) is 35.4 Å². The first-order chi connectivity index (χ1) is 9.70. The largest absolute Gasteiger partial charge is 0.376 e. The normalized spacial score (nSPS) is 20.9. The van der Waals surface area contributed by atoms with Gasteiger partial charge in [0.2, 0.25) is 0 Å². The molecule has 0 spiro atoms. The van der Waals surface area contributed by atoms with E-state index in [4.69, 9.17) is 9.47 Å². The van der Waals surface area contributed by atoms with Gasteiger partial charge in [0.25, 0.3) is 0 Å². The van der Waals surface area contributed by atoms with Crippen LogP contribution in [-0.4, -0.2) is 38.5 Å². The van der Waals surface area contributed by atoms with Crippen LogP contribution >= 0.6 is 0 Å². The Morgan fingerprint density at radius 3 is 2.90 bits per heavy atom. The zero-order valence-corrected chi connectivity index (χ0v) is 11.7. The zero-order chi connectivity index (χ0) is 14.4. The molecule has 0 aromatic heterocycles. The fourth-order valence-electron chi connectivity index (χ4n) is 2.34. The van der Waals surface area contributed by atoms with E-state index in [-0.39, 0.29) is 18.0 Å². The SMILES string of the molecule is CCCNC(Cc1cc(F)ccc1F)C1COCCO1. The second kappa shape index (κ2) is 7.67. The topological polar surface area (TPSA) is 30.5 Å². The van der Waals surface area contributed by atoms with Crippen molar-refractivity contribution < 1.29 is 18.3 Å². The molecule has 1 aliphatic rings. The first-order valence-corrected chi connectivity index (χ1v) is 7.07. The lowest BCUT2D eigenvalue weighted by atomic mass is 10.00. The van der Waals surface area contributed by atoms with E-state index in [1.807, 2.05) is 0 Å². The average Bonchev–Trinajstić information content (AvgIpc) is 2.48. The summed E-state index contributed by atoms with van der Waals surface area (Å²) in [5, 5.41) is 3.34. The Hall–Kier alpha value is -1.04. The highest BCUT2D eigenvalue weighted by Gasteiger charge is 2.25. The van der Waals surface area contributed by atoms with Gasteiger partial charge in [-0.2, -0.15) is 0 Å². The lowest BCUT2D eigenvalue weighted by Crippen LogP contribution is -2.48. The van der Waals surface area contributed by atoms with Crippen LogP contribution in [0.15, 0.2) is 18.2 Å². The molecule has 1 saturated heterocycles. The average molecular weight is 285 g/mol. The standard InChI is InChI=1S/C15H21F2NO2/c1-2-5-18-14(15-10-19-6-7-20-15)9-11-8-12(16)3-4-13(11)17/h3-4,8,14-15,18H,2,5-7,9-10H2,1H3. The van der Waals surface area contributed by atoms with Gasteiger partial charge in [-0.3, -0.25) is 0 Å². The molecule has 2 atom stereocenters. The number of hydrogen-bond acceptors (Lipinski definition) is 3. The lowest BCUT2D eigenvalue weighted by Gasteiger charge is -2.31. The zero-order valence-electron chi connectivity index (χ0n) is 11.7. The molecule has 1 N–H and O–H groups in total. The predicted molar refractivity (Wildman–Crippen MR) is 72.7 cm³/mol. The molecule has 0 bridgehead atoms. The van der Waals surface area contributed by atoms with Crippen molar-refractivity contribution in [3.63, 3.8) is 0 Å². The summed E-state index contributed by atoms with van der Waals surface area (Å²) in [6.45, 7) is 4.48. The molecular weight excluding hydrogens is 264 g/mol. The van der Waals surface area contributed by atoms with E-state index < -0.39 is 5.82 Å². The predicted octanol–water partition coefficient (Wildman–Crippen LogP) is 2.29. The van der Waals surface area contributed by atoms with Crippen LogP contribution in [0.5, 0.6) is 0 Å². The number of halogens is 2. The van der Waals surface area contributed by atoms with E-state index in [1.54, 1.807) is 0 Å². The van der Waals surface area contributed by atoms with Gasteiger partial charge in [0, 0.05) is 6.04 Å². The van der Waals surface area contributed by atoms with Crippen LogP contribution in [0.4, 0.5) is 8.78 Å². The van der Waals surface area contributed by atoms with Crippen molar-refractivity contribution in [2.75, 3.05) is 26.4 Å². The highest BCUT2D eigenvalue weighted by molar-refractivity contribution is 5.20. The summed E-state index contributed by atoms with van der Waals surface area (Å²) >= 11 is 0. The third-order valence-electron chi connectivity index (χ3n) is 3.39. The first-order valence-electron chi connectivity index (χ1n) is 7.07. The fraction of sp³-hybridized carbons (Fsp3) is 0.600. The maximum absolute atomic E-state index is 13.8. The van der Waals surface area contributed by atoms with Crippen LogP contribution in [0.1, 0.15) is 18.9 Å². The molecule has 2 rings (SSSR count). The van der Waals surface area contributed by atoms with Gasteiger partial charge in [0.15, 0.2) is 0 Å². The molecule has 112 valence electrons. The molecule has 1 aromatic rings. The second-order valence-corrected chi connectivity index (χ2v) is 4.98. The van der Waals surface area contributed by atoms with Crippen LogP contribution in [0, 0.1) is 11.6 Å².